The number of fused-ring (bicyclic) bond motifs is 1. The van der Waals surface area contributed by atoms with Gasteiger partial charge in [-0.25, -0.2) is 15.0 Å². The molecule has 1 fully saturated rings. The monoisotopic (exact) mass is 509 g/mol. The van der Waals surface area contributed by atoms with Gasteiger partial charge in [-0.1, -0.05) is 0 Å². The second-order valence-electron chi connectivity index (χ2n) is 8.79. The van der Waals surface area contributed by atoms with Gasteiger partial charge in [0.15, 0.2) is 5.82 Å². The molecule has 0 radical (unpaired) electrons. The molecule has 4 heterocycles. The number of hydrogen-bond donors (Lipinski definition) is 2. The Bertz CT molecular complexity index is 1140. The first-order valence-electron chi connectivity index (χ1n) is 11.7. The molecule has 2 N–H and O–H groups in total. The minimum absolute atomic E-state index is 0.0470. The molecule has 11 nitrogen and oxygen atoms in total. The van der Waals surface area contributed by atoms with Crippen molar-refractivity contribution in [1.29, 1.82) is 0 Å². The minimum Gasteiger partial charge on any atom is -0.372 e. The van der Waals surface area contributed by atoms with E-state index < -0.39 is 12.8 Å². The van der Waals surface area contributed by atoms with Crippen molar-refractivity contribution in [2.75, 3.05) is 43.1 Å². The third-order valence-electron chi connectivity index (χ3n) is 5.39. The summed E-state index contributed by atoms with van der Waals surface area (Å²) in [6.45, 7) is 6.88. The zero-order valence-corrected chi connectivity index (χ0v) is 20.4. The first-order chi connectivity index (χ1) is 17.2. The topological polar surface area (TPSA) is 115 Å². The summed E-state index contributed by atoms with van der Waals surface area (Å²) in [7, 11) is 0. The lowest BCUT2D eigenvalue weighted by Gasteiger charge is -2.32. The van der Waals surface area contributed by atoms with Gasteiger partial charge in [0.2, 0.25) is 5.95 Å². The Balaban J connectivity index is 1.75. The van der Waals surface area contributed by atoms with Crippen LogP contribution in [-0.4, -0.2) is 80.9 Å². The van der Waals surface area contributed by atoms with E-state index in [1.54, 1.807) is 16.9 Å². The molecule has 196 valence electrons. The predicted octanol–water partition coefficient (Wildman–Crippen LogP) is 2.66. The average Bonchev–Trinajstić information content (AvgIpc) is 3.18. The summed E-state index contributed by atoms with van der Waals surface area (Å²) < 4.78 is 49.9. The molecule has 0 aromatic carbocycles. The highest BCUT2D eigenvalue weighted by Gasteiger charge is 2.28. The number of anilines is 3. The van der Waals surface area contributed by atoms with Gasteiger partial charge in [0.25, 0.3) is 0 Å². The van der Waals surface area contributed by atoms with E-state index in [2.05, 4.69) is 37.5 Å². The SMILES string of the molecule is CC(C)OCc1nn(CCOCC(F)(F)F)c2c(Nc3ccncn3)nc(N3CCN[C@H](C)C3)nc12. The lowest BCUT2D eigenvalue weighted by atomic mass is 10.2. The van der Waals surface area contributed by atoms with Gasteiger partial charge < -0.3 is 25.0 Å². The normalized spacial score (nSPS) is 16.8. The molecule has 1 atom stereocenters. The van der Waals surface area contributed by atoms with E-state index in [0.717, 1.165) is 19.6 Å². The van der Waals surface area contributed by atoms with Crippen LogP contribution >= 0.6 is 0 Å². The number of rotatable bonds is 10. The van der Waals surface area contributed by atoms with Crippen molar-refractivity contribution in [3.63, 3.8) is 0 Å². The van der Waals surface area contributed by atoms with E-state index in [0.29, 0.717) is 34.3 Å². The van der Waals surface area contributed by atoms with Gasteiger partial charge in [0.1, 0.15) is 35.5 Å². The van der Waals surface area contributed by atoms with E-state index in [1.165, 1.54) is 6.33 Å². The third-order valence-corrected chi connectivity index (χ3v) is 5.39. The fourth-order valence-corrected chi connectivity index (χ4v) is 3.80. The summed E-state index contributed by atoms with van der Waals surface area (Å²) in [6, 6.07) is 1.95. The van der Waals surface area contributed by atoms with Crippen LogP contribution in [0.15, 0.2) is 18.6 Å². The maximum Gasteiger partial charge on any atom is 0.411 e. The molecule has 4 rings (SSSR count). The number of ether oxygens (including phenoxy) is 2. The van der Waals surface area contributed by atoms with Crippen molar-refractivity contribution in [1.82, 2.24) is 35.0 Å². The van der Waals surface area contributed by atoms with Gasteiger partial charge in [-0.3, -0.25) is 4.68 Å². The van der Waals surface area contributed by atoms with Crippen molar-refractivity contribution in [2.24, 2.45) is 0 Å². The molecule has 3 aromatic heterocycles. The highest BCUT2D eigenvalue weighted by atomic mass is 19.4. The second kappa shape index (κ2) is 11.3. The molecular weight excluding hydrogens is 479 g/mol. The molecule has 0 bridgehead atoms. The van der Waals surface area contributed by atoms with Crippen LogP contribution in [0.4, 0.5) is 30.8 Å². The maximum absolute atomic E-state index is 12.6. The third kappa shape index (κ3) is 6.77. The fourth-order valence-electron chi connectivity index (χ4n) is 3.80. The molecule has 0 saturated carbocycles. The van der Waals surface area contributed by atoms with Gasteiger partial charge in [0, 0.05) is 31.9 Å². The average molecular weight is 510 g/mol. The van der Waals surface area contributed by atoms with Gasteiger partial charge >= 0.3 is 6.18 Å². The molecule has 3 aromatic rings. The minimum atomic E-state index is -4.40. The summed E-state index contributed by atoms with van der Waals surface area (Å²) in [5.41, 5.74) is 1.64. The zero-order chi connectivity index (χ0) is 25.7. The van der Waals surface area contributed by atoms with Gasteiger partial charge in [0.05, 0.1) is 25.9 Å². The molecule has 1 aliphatic heterocycles. The Morgan fingerprint density at radius 3 is 2.81 bits per heavy atom. The molecular formula is C22H30F3N9O2. The van der Waals surface area contributed by atoms with Crippen LogP contribution in [-0.2, 0) is 22.6 Å². The van der Waals surface area contributed by atoms with Crippen molar-refractivity contribution in [3.05, 3.63) is 24.3 Å². The molecule has 1 aliphatic rings. The number of nitrogens with zero attached hydrogens (tertiary/aromatic N) is 7. The van der Waals surface area contributed by atoms with Crippen LogP contribution in [0, 0.1) is 0 Å². The van der Waals surface area contributed by atoms with Crippen molar-refractivity contribution in [3.8, 4) is 0 Å². The van der Waals surface area contributed by atoms with Crippen LogP contribution in [0.1, 0.15) is 26.5 Å². The van der Waals surface area contributed by atoms with E-state index >= 15 is 0 Å². The Kier molecular flexibility index (Phi) is 8.16. The predicted molar refractivity (Wildman–Crippen MR) is 127 cm³/mol. The summed E-state index contributed by atoms with van der Waals surface area (Å²) in [5.74, 6) is 1.45. The number of halogens is 3. The Hall–Kier alpha value is -3.10. The van der Waals surface area contributed by atoms with Crippen molar-refractivity contribution >= 4 is 28.6 Å². The molecule has 0 spiro atoms. The van der Waals surface area contributed by atoms with Crippen LogP contribution in [0.25, 0.3) is 11.0 Å². The van der Waals surface area contributed by atoms with E-state index in [9.17, 15) is 13.2 Å². The number of aromatic nitrogens is 6. The molecule has 1 saturated heterocycles. The lowest BCUT2D eigenvalue weighted by Crippen LogP contribution is -2.49. The first kappa shape index (κ1) is 26.0. The van der Waals surface area contributed by atoms with Gasteiger partial charge in [-0.05, 0) is 26.8 Å². The van der Waals surface area contributed by atoms with Crippen LogP contribution in [0.3, 0.4) is 0 Å². The quantitative estimate of drug-likeness (QED) is 0.395. The summed E-state index contributed by atoms with van der Waals surface area (Å²) in [6.07, 6.45) is -1.45. The molecule has 0 amide bonds. The van der Waals surface area contributed by atoms with E-state index in [4.69, 9.17) is 19.4 Å². The van der Waals surface area contributed by atoms with Crippen LogP contribution < -0.4 is 15.5 Å². The largest absolute Gasteiger partial charge is 0.411 e. The van der Waals surface area contributed by atoms with Gasteiger partial charge in [-0.2, -0.15) is 23.3 Å². The molecule has 0 unspecified atom stereocenters. The molecule has 36 heavy (non-hydrogen) atoms. The standard InChI is InChI=1S/C22H30F3N9O2/c1-14(2)36-11-16-18-19(34(32-16)8-9-35-12-22(23,24)25)20(29-17-4-5-26-13-28-17)31-21(30-18)33-7-6-27-15(3)10-33/h4-5,13-15,27H,6-12H2,1-3H3,(H,26,28,29,30,31)/t15-/m1/s1. The molecule has 14 heteroatoms. The highest BCUT2D eigenvalue weighted by molar-refractivity contribution is 5.90. The first-order valence-corrected chi connectivity index (χ1v) is 11.7. The number of hydrogen-bond acceptors (Lipinski definition) is 10. The molecule has 0 aliphatic carbocycles. The van der Waals surface area contributed by atoms with Gasteiger partial charge in [-0.15, -0.1) is 0 Å². The highest BCUT2D eigenvalue weighted by Crippen LogP contribution is 2.29. The second-order valence-corrected chi connectivity index (χ2v) is 8.79. The van der Waals surface area contributed by atoms with E-state index in [1.807, 2.05) is 13.8 Å². The smallest absolute Gasteiger partial charge is 0.372 e. The van der Waals surface area contributed by atoms with Crippen LogP contribution in [0.2, 0.25) is 0 Å². The zero-order valence-electron chi connectivity index (χ0n) is 20.4. The Morgan fingerprint density at radius 2 is 2.11 bits per heavy atom. The Morgan fingerprint density at radius 1 is 1.28 bits per heavy atom. The Labute approximate surface area is 206 Å². The fraction of sp³-hybridized carbons (Fsp3) is 0.591. The maximum atomic E-state index is 12.6. The van der Waals surface area contributed by atoms with Crippen molar-refractivity contribution in [2.45, 2.75) is 52.2 Å². The van der Waals surface area contributed by atoms with Crippen LogP contribution in [0.5, 0.6) is 0 Å². The lowest BCUT2D eigenvalue weighted by molar-refractivity contribution is -0.174. The number of alkyl halides is 3. The summed E-state index contributed by atoms with van der Waals surface area (Å²) in [5, 5.41) is 11.2. The van der Waals surface area contributed by atoms with E-state index in [-0.39, 0.29) is 31.9 Å². The van der Waals surface area contributed by atoms with Crippen molar-refractivity contribution < 1.29 is 22.6 Å². The summed E-state index contributed by atoms with van der Waals surface area (Å²) >= 11 is 0. The number of piperazine rings is 1. The summed E-state index contributed by atoms with van der Waals surface area (Å²) in [4.78, 5) is 19.9. The number of nitrogens with one attached hydrogen (secondary N) is 2.